The summed E-state index contributed by atoms with van der Waals surface area (Å²) in [6.07, 6.45) is 0. The van der Waals surface area contributed by atoms with E-state index in [9.17, 15) is 4.79 Å². The van der Waals surface area contributed by atoms with E-state index in [1.807, 2.05) is 30.3 Å². The summed E-state index contributed by atoms with van der Waals surface area (Å²) in [7, 11) is 0. The van der Waals surface area contributed by atoms with Crippen LogP contribution in [-0.4, -0.2) is 35.5 Å². The number of nitrogens with zero attached hydrogens (tertiary/aromatic N) is 4. The lowest BCUT2D eigenvalue weighted by Crippen LogP contribution is -2.34. The van der Waals surface area contributed by atoms with E-state index in [2.05, 4.69) is 15.0 Å². The number of hydrogen-bond donors (Lipinski definition) is 0. The van der Waals surface area contributed by atoms with Gasteiger partial charge in [0.05, 0.1) is 17.9 Å². The predicted molar refractivity (Wildman–Crippen MR) is 86.0 cm³/mol. The van der Waals surface area contributed by atoms with Gasteiger partial charge in [0.2, 0.25) is 0 Å². The van der Waals surface area contributed by atoms with Crippen molar-refractivity contribution >= 4 is 34.7 Å². The predicted octanol–water partition coefficient (Wildman–Crippen LogP) is 2.33. The number of amidine groups is 1. The summed E-state index contributed by atoms with van der Waals surface area (Å²) in [5, 5.41) is 0.370. The molecule has 1 amide bonds. The number of rotatable bonds is 1. The molecule has 1 aromatic carbocycles. The Morgan fingerprint density at radius 1 is 1.00 bits per heavy atom. The van der Waals surface area contributed by atoms with Crippen molar-refractivity contribution in [1.29, 1.82) is 0 Å². The smallest absolute Gasteiger partial charge is 0.254 e. The summed E-state index contributed by atoms with van der Waals surface area (Å²) in [5.74, 6) is 0.589. The molecule has 0 atom stereocenters. The van der Waals surface area contributed by atoms with Crippen molar-refractivity contribution in [2.75, 3.05) is 18.0 Å². The van der Waals surface area contributed by atoms with Gasteiger partial charge in [0.25, 0.3) is 5.91 Å². The number of aromatic nitrogens is 1. The van der Waals surface area contributed by atoms with Gasteiger partial charge in [-0.15, -0.1) is 0 Å². The highest BCUT2D eigenvalue weighted by molar-refractivity contribution is 6.31. The van der Waals surface area contributed by atoms with Crippen LogP contribution in [0.1, 0.15) is 11.3 Å². The molecule has 2 aromatic rings. The third kappa shape index (κ3) is 2.02. The molecule has 0 saturated heterocycles. The number of amides is 1. The molecule has 0 bridgehead atoms. The first-order valence-corrected chi connectivity index (χ1v) is 7.25. The Labute approximate surface area is 132 Å². The van der Waals surface area contributed by atoms with Crippen molar-refractivity contribution in [2.24, 2.45) is 9.98 Å². The zero-order valence-electron chi connectivity index (χ0n) is 11.5. The fraction of sp³-hybridized carbons (Fsp3) is 0.125. The van der Waals surface area contributed by atoms with Crippen LogP contribution < -0.4 is 4.90 Å². The third-order valence-electron chi connectivity index (χ3n) is 3.64. The van der Waals surface area contributed by atoms with Gasteiger partial charge in [-0.25, -0.2) is 4.98 Å². The SMILES string of the molecule is O=C1CN=C2CN=C(c3ccccc3)c3nc(Cl)ccc3N12. The molecule has 0 radical (unpaired) electrons. The van der Waals surface area contributed by atoms with E-state index in [-0.39, 0.29) is 12.5 Å². The molecule has 108 valence electrons. The van der Waals surface area contributed by atoms with Crippen LogP contribution in [-0.2, 0) is 4.79 Å². The van der Waals surface area contributed by atoms with Crippen LogP contribution in [0.4, 0.5) is 5.69 Å². The zero-order chi connectivity index (χ0) is 15.1. The minimum atomic E-state index is -0.0649. The summed E-state index contributed by atoms with van der Waals surface area (Å²) in [6.45, 7) is 0.511. The average Bonchev–Trinajstić information content (AvgIpc) is 2.82. The van der Waals surface area contributed by atoms with Crippen molar-refractivity contribution in [3.63, 3.8) is 0 Å². The molecule has 0 aliphatic carbocycles. The molecular weight excluding hydrogens is 300 g/mol. The Morgan fingerprint density at radius 2 is 1.82 bits per heavy atom. The number of halogens is 1. The molecule has 6 heteroatoms. The molecule has 1 aromatic heterocycles. The van der Waals surface area contributed by atoms with Crippen LogP contribution in [0.5, 0.6) is 0 Å². The van der Waals surface area contributed by atoms with E-state index < -0.39 is 0 Å². The number of aliphatic imine (C=N–C) groups is 2. The summed E-state index contributed by atoms with van der Waals surface area (Å²) in [4.78, 5) is 27.1. The lowest BCUT2D eigenvalue weighted by Gasteiger charge is -2.18. The fourth-order valence-corrected chi connectivity index (χ4v) is 2.82. The number of pyridine rings is 1. The molecule has 0 saturated carbocycles. The second-order valence-electron chi connectivity index (χ2n) is 4.99. The maximum atomic E-state index is 12.2. The molecular formula is C16H11ClN4O. The van der Waals surface area contributed by atoms with Crippen LogP contribution in [0.2, 0.25) is 5.15 Å². The van der Waals surface area contributed by atoms with Crippen molar-refractivity contribution in [3.05, 3.63) is 58.9 Å². The van der Waals surface area contributed by atoms with Crippen molar-refractivity contribution in [2.45, 2.75) is 0 Å². The van der Waals surface area contributed by atoms with Crippen LogP contribution in [0.15, 0.2) is 52.4 Å². The first-order chi connectivity index (χ1) is 10.7. The van der Waals surface area contributed by atoms with Crippen LogP contribution >= 0.6 is 11.6 Å². The zero-order valence-corrected chi connectivity index (χ0v) is 12.3. The molecule has 0 unspecified atom stereocenters. The van der Waals surface area contributed by atoms with E-state index in [4.69, 9.17) is 11.6 Å². The first-order valence-electron chi connectivity index (χ1n) is 6.87. The fourth-order valence-electron chi connectivity index (χ4n) is 2.67. The van der Waals surface area contributed by atoms with Crippen molar-refractivity contribution in [1.82, 2.24) is 4.98 Å². The molecule has 5 nitrogen and oxygen atoms in total. The van der Waals surface area contributed by atoms with Gasteiger partial charge in [0.15, 0.2) is 0 Å². The normalized spacial score (nSPS) is 16.6. The molecule has 4 rings (SSSR count). The highest BCUT2D eigenvalue weighted by Crippen LogP contribution is 2.29. The van der Waals surface area contributed by atoms with Gasteiger partial charge in [-0.05, 0) is 12.1 Å². The highest BCUT2D eigenvalue weighted by Gasteiger charge is 2.32. The number of benzene rings is 1. The monoisotopic (exact) mass is 310 g/mol. The molecule has 0 fully saturated rings. The molecule has 2 aliphatic heterocycles. The summed E-state index contributed by atoms with van der Waals surface area (Å²) < 4.78 is 0. The van der Waals surface area contributed by atoms with E-state index in [0.717, 1.165) is 11.3 Å². The number of anilines is 1. The highest BCUT2D eigenvalue weighted by atomic mass is 35.5. The van der Waals surface area contributed by atoms with Gasteiger partial charge < -0.3 is 0 Å². The molecule has 0 N–H and O–H groups in total. The summed E-state index contributed by atoms with van der Waals surface area (Å²) in [6, 6.07) is 13.2. The van der Waals surface area contributed by atoms with Crippen LogP contribution in [0, 0.1) is 0 Å². The van der Waals surface area contributed by atoms with Gasteiger partial charge >= 0.3 is 0 Å². The van der Waals surface area contributed by atoms with E-state index >= 15 is 0 Å². The standard InChI is InChI=1S/C16H11ClN4O/c17-12-7-6-11-16(20-12)15(10-4-2-1-3-5-10)19-8-13-18-9-14(22)21(11)13/h1-7H,8-9H2. The molecule has 2 aliphatic rings. The van der Waals surface area contributed by atoms with Crippen LogP contribution in [0.25, 0.3) is 0 Å². The second-order valence-corrected chi connectivity index (χ2v) is 5.38. The molecule has 0 spiro atoms. The topological polar surface area (TPSA) is 57.9 Å². The Morgan fingerprint density at radius 3 is 2.64 bits per heavy atom. The van der Waals surface area contributed by atoms with E-state index in [0.29, 0.717) is 28.9 Å². The first kappa shape index (κ1) is 13.2. The lowest BCUT2D eigenvalue weighted by atomic mass is 10.1. The number of carbonyl (C=O) groups is 1. The van der Waals surface area contributed by atoms with E-state index in [1.165, 1.54) is 0 Å². The Bertz CT molecular complexity index is 829. The maximum Gasteiger partial charge on any atom is 0.254 e. The van der Waals surface area contributed by atoms with Gasteiger partial charge in [0, 0.05) is 5.56 Å². The summed E-state index contributed by atoms with van der Waals surface area (Å²) in [5.41, 5.74) is 2.96. The van der Waals surface area contributed by atoms with Crippen LogP contribution in [0.3, 0.4) is 0 Å². The van der Waals surface area contributed by atoms with Gasteiger partial charge in [0.1, 0.15) is 23.2 Å². The third-order valence-corrected chi connectivity index (χ3v) is 3.85. The quantitative estimate of drug-likeness (QED) is 0.759. The number of fused-ring (bicyclic) bond motifs is 3. The van der Waals surface area contributed by atoms with Gasteiger partial charge in [-0.1, -0.05) is 41.9 Å². The Balaban J connectivity index is 1.96. The molecule has 22 heavy (non-hydrogen) atoms. The van der Waals surface area contributed by atoms with Crippen molar-refractivity contribution < 1.29 is 4.79 Å². The number of carbonyl (C=O) groups excluding carboxylic acids is 1. The average molecular weight is 311 g/mol. The minimum Gasteiger partial charge on any atom is -0.274 e. The maximum absolute atomic E-state index is 12.2. The Kier molecular flexibility index (Phi) is 3.01. The van der Waals surface area contributed by atoms with Gasteiger partial charge in [-0.2, -0.15) is 0 Å². The Hall–Kier alpha value is -2.53. The summed E-state index contributed by atoms with van der Waals surface area (Å²) >= 11 is 6.06. The van der Waals surface area contributed by atoms with Crippen molar-refractivity contribution in [3.8, 4) is 0 Å². The largest absolute Gasteiger partial charge is 0.274 e. The lowest BCUT2D eigenvalue weighted by molar-refractivity contribution is -0.115. The van der Waals surface area contributed by atoms with E-state index in [1.54, 1.807) is 17.0 Å². The minimum absolute atomic E-state index is 0.0649. The second kappa shape index (κ2) is 5.03. The molecule has 3 heterocycles. The number of hydrogen-bond acceptors (Lipinski definition) is 4. The van der Waals surface area contributed by atoms with Gasteiger partial charge in [-0.3, -0.25) is 19.7 Å².